The molecule has 20 nitrogen and oxygen atoms in total. The SMILES string of the molecule is O=S(=O)([O-])c1ccc2c(N=Nc3ccc(-c4ccc(N=Nc5c([O-])c(S(=O)(=O)[O-])cc6cc(S(=O)(=O)[O-])ccc56)c([O-])c4)cc3[O-])c([O-])c(S(=O)(=O)[O-])cc2c1.[Cu+2].[Cu+2]. The second-order valence-electron chi connectivity index (χ2n) is 11.5. The third-order valence-electron chi connectivity index (χ3n) is 7.89. The van der Waals surface area contributed by atoms with Crippen molar-refractivity contribution in [1.82, 2.24) is 0 Å². The van der Waals surface area contributed by atoms with Gasteiger partial charge < -0.3 is 38.6 Å². The van der Waals surface area contributed by atoms with Gasteiger partial charge in [0, 0.05) is 20.6 Å². The van der Waals surface area contributed by atoms with Gasteiger partial charge in [-0.05, 0) is 70.4 Å². The number of rotatable bonds is 9. The molecule has 6 rings (SSSR count). The molecule has 0 aliphatic carbocycles. The van der Waals surface area contributed by atoms with Gasteiger partial charge in [-0.15, -0.1) is 0 Å². The third kappa shape index (κ3) is 9.28. The molecule has 0 saturated heterocycles. The molecule has 2 radical (unpaired) electrons. The predicted molar refractivity (Wildman–Crippen MR) is 178 cm³/mol. The fourth-order valence-corrected chi connectivity index (χ4v) is 7.49. The summed E-state index contributed by atoms with van der Waals surface area (Å²) in [5.74, 6) is -4.54. The van der Waals surface area contributed by atoms with Crippen LogP contribution in [0.25, 0.3) is 32.7 Å². The van der Waals surface area contributed by atoms with Crippen LogP contribution >= 0.6 is 0 Å². The van der Waals surface area contributed by atoms with E-state index in [-0.39, 0.29) is 66.8 Å². The van der Waals surface area contributed by atoms with Crippen molar-refractivity contribution >= 4 is 84.8 Å². The number of hydrogen-bond donors (Lipinski definition) is 0. The van der Waals surface area contributed by atoms with Gasteiger partial charge in [0.1, 0.15) is 40.5 Å². The van der Waals surface area contributed by atoms with E-state index in [9.17, 15) is 72.3 Å². The summed E-state index contributed by atoms with van der Waals surface area (Å²) >= 11 is 0. The average Bonchev–Trinajstić information content (AvgIpc) is 3.09. The molecule has 0 atom stereocenters. The minimum Gasteiger partial charge on any atom is -0.871 e. The molecule has 26 heteroatoms. The molecule has 0 fully saturated rings. The fourth-order valence-electron chi connectivity index (χ4n) is 5.28. The summed E-state index contributed by atoms with van der Waals surface area (Å²) in [5, 5.41) is 65.3. The Bertz CT molecular complexity index is 2990. The first-order valence-electron chi connectivity index (χ1n) is 14.8. The van der Waals surface area contributed by atoms with Gasteiger partial charge in [0.05, 0.1) is 32.5 Å². The van der Waals surface area contributed by atoms with Crippen molar-refractivity contribution < 1.29 is 106 Å². The van der Waals surface area contributed by atoms with Gasteiger partial charge in [-0.25, -0.2) is 33.7 Å². The molecule has 0 heterocycles. The van der Waals surface area contributed by atoms with E-state index in [1.807, 2.05) is 0 Å². The van der Waals surface area contributed by atoms with E-state index in [4.69, 9.17) is 0 Å². The molecule has 6 aromatic rings. The molecular weight excluding hydrogens is 952 g/mol. The summed E-state index contributed by atoms with van der Waals surface area (Å²) in [6.45, 7) is 0. The molecule has 58 heavy (non-hydrogen) atoms. The zero-order valence-corrected chi connectivity index (χ0v) is 32.8. The standard InChI is InChI=1S/C32H22N4O16S4.2Cu/c37-25-11-15(1-7-23(25)33-35-29-21-5-3-19(53(41,42)43)9-17(21)13-27(31(29)39)55(47,48)49)16-2-8-24(26(38)12-16)34-36-30-22-6-4-20(54(44,45)46)10-18(22)14-28(32(30)40)56(50,51)52;;/h1-14,37-40H,(H,41,42,43)(H,44,45,46)(H,47,48,49)(H,50,51,52);;/q;2*+2/p-8. The molecular formula is C32H14Cu2N4O16S4-4. The van der Waals surface area contributed by atoms with Crippen molar-refractivity contribution in [2.24, 2.45) is 20.5 Å². The topological polar surface area (TPSA) is 370 Å². The molecule has 0 N–H and O–H groups in total. The Balaban J connectivity index is 0.00000372. The predicted octanol–water partition coefficient (Wildman–Crippen LogP) is 2.40. The molecule has 308 valence electrons. The Labute approximate surface area is 348 Å². The van der Waals surface area contributed by atoms with E-state index in [1.54, 1.807) is 0 Å². The van der Waals surface area contributed by atoms with Gasteiger partial charge in [-0.1, -0.05) is 59.4 Å². The Morgan fingerprint density at radius 1 is 0.397 bits per heavy atom. The van der Waals surface area contributed by atoms with Crippen molar-refractivity contribution in [2.45, 2.75) is 19.6 Å². The maximum Gasteiger partial charge on any atom is 2.00 e. The van der Waals surface area contributed by atoms with Crippen molar-refractivity contribution in [3.8, 4) is 34.1 Å². The van der Waals surface area contributed by atoms with Gasteiger partial charge in [0.2, 0.25) is 0 Å². The van der Waals surface area contributed by atoms with E-state index in [2.05, 4.69) is 20.5 Å². The van der Waals surface area contributed by atoms with Gasteiger partial charge in [0.25, 0.3) is 0 Å². The minimum atomic E-state index is -5.44. The molecule has 0 aliphatic heterocycles. The molecule has 0 spiro atoms. The second-order valence-corrected chi connectivity index (χ2v) is 16.9. The number of nitrogens with zero attached hydrogens (tertiary/aromatic N) is 4. The van der Waals surface area contributed by atoms with Crippen LogP contribution in [0.3, 0.4) is 0 Å². The molecule has 0 saturated carbocycles. The van der Waals surface area contributed by atoms with E-state index < -0.39 is 106 Å². The first-order chi connectivity index (χ1) is 25.9. The maximum atomic E-state index is 13.0. The van der Waals surface area contributed by atoms with Gasteiger partial charge in [0.15, 0.2) is 0 Å². The molecule has 0 amide bonds. The van der Waals surface area contributed by atoms with Crippen LogP contribution in [0.15, 0.2) is 125 Å². The van der Waals surface area contributed by atoms with Gasteiger partial charge >= 0.3 is 34.1 Å². The van der Waals surface area contributed by atoms with E-state index in [0.717, 1.165) is 60.7 Å². The third-order valence-corrected chi connectivity index (χ3v) is 11.2. The minimum absolute atomic E-state index is 0. The van der Waals surface area contributed by atoms with Crippen molar-refractivity contribution in [3.63, 3.8) is 0 Å². The van der Waals surface area contributed by atoms with Crippen LogP contribution < -0.4 is 20.4 Å². The Morgan fingerprint density at radius 3 is 1.03 bits per heavy atom. The van der Waals surface area contributed by atoms with Crippen molar-refractivity contribution in [2.75, 3.05) is 0 Å². The second kappa shape index (κ2) is 16.3. The van der Waals surface area contributed by atoms with Crippen LogP contribution in [0.2, 0.25) is 0 Å². The van der Waals surface area contributed by atoms with Crippen molar-refractivity contribution in [3.05, 3.63) is 84.9 Å². The molecule has 0 aliphatic rings. The molecule has 0 aromatic heterocycles. The van der Waals surface area contributed by atoms with Gasteiger partial charge in [-0.2, -0.15) is 20.5 Å². The summed E-state index contributed by atoms with van der Waals surface area (Å²) in [6.07, 6.45) is 0. The summed E-state index contributed by atoms with van der Waals surface area (Å²) in [4.78, 5) is -4.26. The summed E-state index contributed by atoms with van der Waals surface area (Å²) in [6, 6.07) is 12.9. The number of fused-ring (bicyclic) bond motifs is 2. The van der Waals surface area contributed by atoms with E-state index in [0.29, 0.717) is 12.1 Å². The average molecular weight is 966 g/mol. The van der Waals surface area contributed by atoms with Crippen LogP contribution in [-0.4, -0.2) is 51.9 Å². The molecule has 6 aromatic carbocycles. The molecule has 0 bridgehead atoms. The zero-order valence-electron chi connectivity index (χ0n) is 27.6. The van der Waals surface area contributed by atoms with Crippen LogP contribution in [0.4, 0.5) is 22.7 Å². The van der Waals surface area contributed by atoms with Crippen LogP contribution in [0.5, 0.6) is 23.0 Å². The monoisotopic (exact) mass is 964 g/mol. The van der Waals surface area contributed by atoms with Crippen LogP contribution in [0, 0.1) is 0 Å². The van der Waals surface area contributed by atoms with E-state index in [1.165, 1.54) is 12.1 Å². The molecule has 0 unspecified atom stereocenters. The Hall–Kier alpha value is -5.08. The fraction of sp³-hybridized carbons (Fsp3) is 0. The Morgan fingerprint density at radius 2 is 0.741 bits per heavy atom. The first-order valence-corrected chi connectivity index (χ1v) is 20.4. The van der Waals surface area contributed by atoms with Crippen LogP contribution in [-0.2, 0) is 74.6 Å². The zero-order chi connectivity index (χ0) is 41.1. The largest absolute Gasteiger partial charge is 2.00 e. The summed E-state index contributed by atoms with van der Waals surface area (Å²) in [7, 11) is -20.9. The number of benzene rings is 6. The summed E-state index contributed by atoms with van der Waals surface area (Å²) < 4.78 is 139. The first kappa shape index (κ1) is 45.6. The smallest absolute Gasteiger partial charge is 0.871 e. The van der Waals surface area contributed by atoms with E-state index >= 15 is 0 Å². The Kier molecular flexibility index (Phi) is 12.8. The quantitative estimate of drug-likeness (QED) is 0.114. The number of hydrogen-bond acceptors (Lipinski definition) is 20. The number of azo groups is 2. The normalized spacial score (nSPS) is 12.6. The van der Waals surface area contributed by atoms with Crippen molar-refractivity contribution in [1.29, 1.82) is 0 Å². The van der Waals surface area contributed by atoms with Crippen LogP contribution in [0.1, 0.15) is 0 Å². The van der Waals surface area contributed by atoms with Gasteiger partial charge in [-0.3, -0.25) is 0 Å². The maximum absolute atomic E-state index is 13.0. The summed E-state index contributed by atoms with van der Waals surface area (Å²) in [5.41, 5.74) is -2.14.